The molecule has 0 fully saturated rings. The number of thiophene rings is 1. The standard InChI is InChI=1S/C23H18N4OS2/c1-2-16-8-10-18(11-9-16)15-30-23-25-24-22-26(14-17-6-4-3-5-7-17)21(28)20-19(27(22)23)12-13-29-20/h2-13H,1,14-15H2. The van der Waals surface area contributed by atoms with Crippen LogP contribution in [-0.2, 0) is 12.3 Å². The van der Waals surface area contributed by atoms with Crippen LogP contribution in [0.25, 0.3) is 22.1 Å². The van der Waals surface area contributed by atoms with Crippen LogP contribution in [0, 0.1) is 0 Å². The highest BCUT2D eigenvalue weighted by molar-refractivity contribution is 7.98. The van der Waals surface area contributed by atoms with Gasteiger partial charge >= 0.3 is 0 Å². The first-order chi connectivity index (χ1) is 14.7. The number of rotatable bonds is 6. The van der Waals surface area contributed by atoms with Gasteiger partial charge in [0.2, 0.25) is 5.78 Å². The molecule has 7 heteroatoms. The van der Waals surface area contributed by atoms with E-state index < -0.39 is 0 Å². The normalized spacial score (nSPS) is 11.3. The van der Waals surface area contributed by atoms with Crippen LogP contribution < -0.4 is 5.56 Å². The summed E-state index contributed by atoms with van der Waals surface area (Å²) in [5, 5.41) is 11.5. The average molecular weight is 431 g/mol. The molecule has 0 N–H and O–H groups in total. The van der Waals surface area contributed by atoms with E-state index in [-0.39, 0.29) is 5.56 Å². The van der Waals surface area contributed by atoms with Crippen LogP contribution in [0.2, 0.25) is 0 Å². The molecule has 0 aliphatic heterocycles. The fourth-order valence-electron chi connectivity index (χ4n) is 3.40. The molecule has 0 amide bonds. The molecule has 0 atom stereocenters. The van der Waals surface area contributed by atoms with E-state index in [0.717, 1.165) is 32.3 Å². The number of hydrogen-bond donors (Lipinski definition) is 0. The third kappa shape index (κ3) is 3.36. The molecule has 0 saturated heterocycles. The minimum absolute atomic E-state index is 0.0275. The van der Waals surface area contributed by atoms with E-state index in [1.54, 1.807) is 16.3 Å². The van der Waals surface area contributed by atoms with Gasteiger partial charge in [-0.3, -0.25) is 13.8 Å². The average Bonchev–Trinajstić information content (AvgIpc) is 3.43. The van der Waals surface area contributed by atoms with Crippen molar-refractivity contribution in [2.45, 2.75) is 17.5 Å². The smallest absolute Gasteiger partial charge is 0.271 e. The second-order valence-corrected chi connectivity index (χ2v) is 8.72. The molecule has 5 rings (SSSR count). The van der Waals surface area contributed by atoms with Crippen LogP contribution in [0.1, 0.15) is 16.7 Å². The van der Waals surface area contributed by atoms with Crippen LogP contribution >= 0.6 is 23.1 Å². The summed E-state index contributed by atoms with van der Waals surface area (Å²) in [7, 11) is 0. The van der Waals surface area contributed by atoms with E-state index in [2.05, 4.69) is 41.0 Å². The molecule has 30 heavy (non-hydrogen) atoms. The summed E-state index contributed by atoms with van der Waals surface area (Å²) in [5.41, 5.74) is 4.18. The van der Waals surface area contributed by atoms with E-state index in [1.807, 2.05) is 52.3 Å². The third-order valence-corrected chi connectivity index (χ3v) is 6.84. The van der Waals surface area contributed by atoms with E-state index in [0.29, 0.717) is 12.3 Å². The highest BCUT2D eigenvalue weighted by Crippen LogP contribution is 2.27. The van der Waals surface area contributed by atoms with E-state index in [4.69, 9.17) is 0 Å². The molecule has 0 saturated carbocycles. The molecule has 0 bridgehead atoms. The van der Waals surface area contributed by atoms with Crippen LogP contribution in [0.5, 0.6) is 0 Å². The molecule has 0 aliphatic rings. The summed E-state index contributed by atoms with van der Waals surface area (Å²) >= 11 is 3.07. The number of benzene rings is 2. The van der Waals surface area contributed by atoms with Gasteiger partial charge in [0.25, 0.3) is 5.56 Å². The summed E-state index contributed by atoms with van der Waals surface area (Å²) in [6.45, 7) is 4.26. The van der Waals surface area contributed by atoms with Crippen LogP contribution in [0.4, 0.5) is 0 Å². The topological polar surface area (TPSA) is 52.2 Å². The first kappa shape index (κ1) is 18.8. The molecule has 3 aromatic heterocycles. The molecule has 5 aromatic rings. The van der Waals surface area contributed by atoms with Gasteiger partial charge in [0.05, 0.1) is 12.1 Å². The fourth-order valence-corrected chi connectivity index (χ4v) is 5.12. The Morgan fingerprint density at radius 1 is 1.00 bits per heavy atom. The Labute approximate surface area is 181 Å². The van der Waals surface area contributed by atoms with Gasteiger partial charge in [-0.1, -0.05) is 79.0 Å². The van der Waals surface area contributed by atoms with Gasteiger partial charge < -0.3 is 0 Å². The third-order valence-electron chi connectivity index (χ3n) is 4.95. The predicted octanol–water partition coefficient (Wildman–Crippen LogP) is 5.09. The monoisotopic (exact) mass is 430 g/mol. The SMILES string of the molecule is C=Cc1ccc(CSc2nnc3n(Cc4ccccc4)c(=O)c4sccc4n23)cc1. The Morgan fingerprint density at radius 2 is 1.80 bits per heavy atom. The lowest BCUT2D eigenvalue weighted by molar-refractivity contribution is 0.765. The van der Waals surface area contributed by atoms with Gasteiger partial charge in [0, 0.05) is 5.75 Å². The van der Waals surface area contributed by atoms with Crippen molar-refractivity contribution in [2.24, 2.45) is 0 Å². The minimum Gasteiger partial charge on any atom is -0.271 e. The second kappa shape index (κ2) is 7.93. The van der Waals surface area contributed by atoms with E-state index in [1.165, 1.54) is 16.9 Å². The summed E-state index contributed by atoms with van der Waals surface area (Å²) in [6, 6.07) is 20.2. The first-order valence-electron chi connectivity index (χ1n) is 9.48. The van der Waals surface area contributed by atoms with Crippen molar-refractivity contribution in [3.05, 3.63) is 99.7 Å². The van der Waals surface area contributed by atoms with Gasteiger partial charge in [-0.2, -0.15) is 0 Å². The van der Waals surface area contributed by atoms with Crippen molar-refractivity contribution in [3.63, 3.8) is 0 Å². The predicted molar refractivity (Wildman–Crippen MR) is 124 cm³/mol. The van der Waals surface area contributed by atoms with Crippen LogP contribution in [0.3, 0.4) is 0 Å². The van der Waals surface area contributed by atoms with Gasteiger partial charge in [0.15, 0.2) is 5.16 Å². The first-order valence-corrected chi connectivity index (χ1v) is 11.3. The number of aromatic nitrogens is 4. The molecule has 0 spiro atoms. The Kier molecular flexibility index (Phi) is 4.98. The molecule has 5 nitrogen and oxygen atoms in total. The molecule has 148 valence electrons. The molecule has 0 aliphatic carbocycles. The zero-order valence-corrected chi connectivity index (χ0v) is 17.7. The van der Waals surface area contributed by atoms with Crippen LogP contribution in [-0.4, -0.2) is 19.2 Å². The maximum Gasteiger partial charge on any atom is 0.273 e. The fraction of sp³-hybridized carbons (Fsp3) is 0.0870. The number of thioether (sulfide) groups is 1. The highest BCUT2D eigenvalue weighted by Gasteiger charge is 2.18. The van der Waals surface area contributed by atoms with Crippen molar-refractivity contribution in [1.82, 2.24) is 19.2 Å². The van der Waals surface area contributed by atoms with Gasteiger partial charge in [-0.05, 0) is 28.1 Å². The Bertz CT molecular complexity index is 1400. The quantitative estimate of drug-likeness (QED) is 0.352. The van der Waals surface area contributed by atoms with Crippen molar-refractivity contribution in [2.75, 3.05) is 0 Å². The van der Waals surface area contributed by atoms with Crippen molar-refractivity contribution < 1.29 is 0 Å². The lowest BCUT2D eigenvalue weighted by atomic mass is 10.1. The summed E-state index contributed by atoms with van der Waals surface area (Å²) < 4.78 is 4.43. The molecular weight excluding hydrogens is 412 g/mol. The van der Waals surface area contributed by atoms with Crippen molar-refractivity contribution in [1.29, 1.82) is 0 Å². The van der Waals surface area contributed by atoms with Gasteiger partial charge in [-0.15, -0.1) is 21.5 Å². The largest absolute Gasteiger partial charge is 0.273 e. The van der Waals surface area contributed by atoms with Gasteiger partial charge in [-0.25, -0.2) is 0 Å². The molecule has 0 radical (unpaired) electrons. The molecule has 3 heterocycles. The van der Waals surface area contributed by atoms with Gasteiger partial charge in [0.1, 0.15) is 4.70 Å². The van der Waals surface area contributed by atoms with Crippen molar-refractivity contribution >= 4 is 45.2 Å². The zero-order chi connectivity index (χ0) is 20.5. The number of nitrogens with zero attached hydrogens (tertiary/aromatic N) is 4. The highest BCUT2D eigenvalue weighted by atomic mass is 32.2. The molecule has 2 aromatic carbocycles. The zero-order valence-electron chi connectivity index (χ0n) is 16.1. The summed E-state index contributed by atoms with van der Waals surface area (Å²) in [4.78, 5) is 13.1. The summed E-state index contributed by atoms with van der Waals surface area (Å²) in [5.74, 6) is 1.33. The maximum atomic E-state index is 13.1. The van der Waals surface area contributed by atoms with E-state index >= 15 is 0 Å². The van der Waals surface area contributed by atoms with Crippen LogP contribution in [0.15, 0.2) is 82.6 Å². The minimum atomic E-state index is -0.0275. The molecular formula is C23H18N4OS2. The second-order valence-electron chi connectivity index (χ2n) is 6.86. The number of hydrogen-bond acceptors (Lipinski definition) is 5. The summed E-state index contributed by atoms with van der Waals surface area (Å²) in [6.07, 6.45) is 1.84. The Morgan fingerprint density at radius 3 is 2.57 bits per heavy atom. The lowest BCUT2D eigenvalue weighted by Crippen LogP contribution is -2.23. The lowest BCUT2D eigenvalue weighted by Gasteiger charge is -2.09. The number of fused-ring (bicyclic) bond motifs is 3. The van der Waals surface area contributed by atoms with E-state index in [9.17, 15) is 4.79 Å². The maximum absolute atomic E-state index is 13.1. The van der Waals surface area contributed by atoms with Crippen molar-refractivity contribution in [3.8, 4) is 0 Å². The Balaban J connectivity index is 1.57. The molecule has 0 unspecified atom stereocenters. The Hall–Kier alpha value is -3.16.